The van der Waals surface area contributed by atoms with Crippen LogP contribution in [-0.2, 0) is 4.74 Å². The SMILES string of the molecule is CCCNc1nc(N)c(C(=O)NCC2CCOCC2)s1. The molecule has 112 valence electrons. The number of carbonyl (C=O) groups is 1. The van der Waals surface area contributed by atoms with Gasteiger partial charge in [0.2, 0.25) is 0 Å². The minimum atomic E-state index is -0.129. The maximum Gasteiger partial charge on any atom is 0.265 e. The van der Waals surface area contributed by atoms with Crippen molar-refractivity contribution < 1.29 is 9.53 Å². The number of hydrogen-bond acceptors (Lipinski definition) is 6. The number of amides is 1. The fourth-order valence-electron chi connectivity index (χ4n) is 2.07. The standard InChI is InChI=1S/C13H22N4O2S/c1-2-5-15-13-17-11(14)10(20-13)12(18)16-8-9-3-6-19-7-4-9/h9H,2-8,14H2,1H3,(H,15,17)(H,16,18). The van der Waals surface area contributed by atoms with Gasteiger partial charge in [0.15, 0.2) is 5.13 Å². The number of thiazole rings is 1. The van der Waals surface area contributed by atoms with Gasteiger partial charge in [0.25, 0.3) is 5.91 Å². The van der Waals surface area contributed by atoms with E-state index in [1.165, 1.54) is 11.3 Å². The van der Waals surface area contributed by atoms with Crippen LogP contribution in [0.1, 0.15) is 35.9 Å². The first-order valence-electron chi connectivity index (χ1n) is 7.06. The molecule has 0 atom stereocenters. The van der Waals surface area contributed by atoms with E-state index < -0.39 is 0 Å². The van der Waals surface area contributed by atoms with E-state index in [4.69, 9.17) is 10.5 Å². The predicted octanol–water partition coefficient (Wildman–Crippen LogP) is 1.70. The van der Waals surface area contributed by atoms with E-state index in [1.54, 1.807) is 0 Å². The van der Waals surface area contributed by atoms with Crippen molar-refractivity contribution in [2.45, 2.75) is 26.2 Å². The lowest BCUT2D eigenvalue weighted by atomic mass is 10.0. The second kappa shape index (κ2) is 7.44. The molecule has 1 aromatic heterocycles. The number of nitrogen functional groups attached to an aromatic ring is 1. The van der Waals surface area contributed by atoms with Crippen LogP contribution >= 0.6 is 11.3 Å². The molecule has 1 fully saturated rings. The van der Waals surface area contributed by atoms with Crippen LogP contribution < -0.4 is 16.4 Å². The molecule has 1 amide bonds. The zero-order valence-corrected chi connectivity index (χ0v) is 12.6. The Kier molecular flexibility index (Phi) is 5.60. The molecule has 6 nitrogen and oxygen atoms in total. The molecule has 0 spiro atoms. The first kappa shape index (κ1) is 15.1. The van der Waals surface area contributed by atoms with Gasteiger partial charge in [-0.3, -0.25) is 4.79 Å². The van der Waals surface area contributed by atoms with E-state index >= 15 is 0 Å². The number of hydrogen-bond donors (Lipinski definition) is 3. The number of nitrogens with zero attached hydrogens (tertiary/aromatic N) is 1. The van der Waals surface area contributed by atoms with Gasteiger partial charge in [0.05, 0.1) is 0 Å². The summed E-state index contributed by atoms with van der Waals surface area (Å²) >= 11 is 1.31. The Hall–Kier alpha value is -1.34. The minimum absolute atomic E-state index is 0.129. The molecular weight excluding hydrogens is 276 g/mol. The van der Waals surface area contributed by atoms with Gasteiger partial charge < -0.3 is 21.1 Å². The summed E-state index contributed by atoms with van der Waals surface area (Å²) in [6, 6.07) is 0. The number of ether oxygens (including phenoxy) is 1. The Labute approximate surface area is 123 Å². The Morgan fingerprint density at radius 3 is 2.95 bits per heavy atom. The molecule has 1 aliphatic rings. The van der Waals surface area contributed by atoms with Crippen molar-refractivity contribution in [2.75, 3.05) is 37.4 Å². The van der Waals surface area contributed by atoms with Gasteiger partial charge in [-0.15, -0.1) is 0 Å². The molecule has 0 saturated carbocycles. The Morgan fingerprint density at radius 2 is 2.25 bits per heavy atom. The van der Waals surface area contributed by atoms with Crippen LogP contribution in [0.2, 0.25) is 0 Å². The molecule has 7 heteroatoms. The summed E-state index contributed by atoms with van der Waals surface area (Å²) in [5.74, 6) is 0.675. The van der Waals surface area contributed by atoms with Crippen molar-refractivity contribution in [3.05, 3.63) is 4.88 Å². The Morgan fingerprint density at radius 1 is 1.50 bits per heavy atom. The minimum Gasteiger partial charge on any atom is -0.382 e. The van der Waals surface area contributed by atoms with Crippen molar-refractivity contribution >= 4 is 28.2 Å². The molecule has 0 bridgehead atoms. The number of carbonyl (C=O) groups excluding carboxylic acids is 1. The lowest BCUT2D eigenvalue weighted by molar-refractivity contribution is 0.0643. The van der Waals surface area contributed by atoms with Gasteiger partial charge in [0, 0.05) is 26.3 Å². The summed E-state index contributed by atoms with van der Waals surface area (Å²) < 4.78 is 5.30. The van der Waals surface area contributed by atoms with Gasteiger partial charge in [-0.2, -0.15) is 0 Å². The zero-order chi connectivity index (χ0) is 14.4. The molecule has 0 radical (unpaired) electrons. The van der Waals surface area contributed by atoms with Gasteiger partial charge in [-0.25, -0.2) is 4.98 Å². The van der Waals surface area contributed by atoms with Crippen LogP contribution in [0, 0.1) is 5.92 Å². The van der Waals surface area contributed by atoms with Crippen LogP contribution in [0.5, 0.6) is 0 Å². The molecule has 4 N–H and O–H groups in total. The van der Waals surface area contributed by atoms with Crippen LogP contribution in [0.15, 0.2) is 0 Å². The van der Waals surface area contributed by atoms with Gasteiger partial charge in [-0.05, 0) is 25.2 Å². The first-order chi connectivity index (χ1) is 9.70. The average molecular weight is 298 g/mol. The summed E-state index contributed by atoms with van der Waals surface area (Å²) in [4.78, 5) is 16.8. The topological polar surface area (TPSA) is 89.3 Å². The fraction of sp³-hybridized carbons (Fsp3) is 0.692. The molecule has 2 heterocycles. The summed E-state index contributed by atoms with van der Waals surface area (Å²) in [5.41, 5.74) is 5.80. The molecule has 1 aromatic rings. The van der Waals surface area contributed by atoms with Crippen LogP contribution in [0.3, 0.4) is 0 Å². The monoisotopic (exact) mass is 298 g/mol. The van der Waals surface area contributed by atoms with Gasteiger partial charge in [0.1, 0.15) is 10.7 Å². The predicted molar refractivity (Wildman–Crippen MR) is 81.2 cm³/mol. The van der Waals surface area contributed by atoms with Crippen molar-refractivity contribution in [1.29, 1.82) is 0 Å². The number of nitrogens with one attached hydrogen (secondary N) is 2. The van der Waals surface area contributed by atoms with E-state index in [-0.39, 0.29) is 5.91 Å². The normalized spacial score (nSPS) is 16.1. The van der Waals surface area contributed by atoms with Crippen molar-refractivity contribution in [3.63, 3.8) is 0 Å². The van der Waals surface area contributed by atoms with E-state index in [9.17, 15) is 4.79 Å². The summed E-state index contributed by atoms with van der Waals surface area (Å²) in [6.07, 6.45) is 3.01. The Balaban J connectivity index is 1.86. The second-order valence-corrected chi connectivity index (χ2v) is 5.93. The fourth-order valence-corrected chi connectivity index (χ4v) is 2.90. The van der Waals surface area contributed by atoms with E-state index in [2.05, 4.69) is 22.5 Å². The highest BCUT2D eigenvalue weighted by atomic mass is 32.1. The molecule has 1 aliphatic heterocycles. The highest BCUT2D eigenvalue weighted by Crippen LogP contribution is 2.25. The number of rotatable bonds is 6. The Bertz CT molecular complexity index is 444. The summed E-state index contributed by atoms with van der Waals surface area (Å²) in [5, 5.41) is 6.80. The highest BCUT2D eigenvalue weighted by molar-refractivity contribution is 7.18. The maximum absolute atomic E-state index is 12.1. The van der Waals surface area contributed by atoms with Crippen LogP contribution in [0.4, 0.5) is 10.9 Å². The molecule has 1 saturated heterocycles. The smallest absolute Gasteiger partial charge is 0.265 e. The molecule has 0 aliphatic carbocycles. The van der Waals surface area contributed by atoms with Crippen LogP contribution in [0.25, 0.3) is 0 Å². The van der Waals surface area contributed by atoms with Crippen LogP contribution in [-0.4, -0.2) is 37.2 Å². The lowest BCUT2D eigenvalue weighted by Crippen LogP contribution is -2.32. The first-order valence-corrected chi connectivity index (χ1v) is 7.88. The lowest BCUT2D eigenvalue weighted by Gasteiger charge is -2.21. The number of aromatic nitrogens is 1. The largest absolute Gasteiger partial charge is 0.382 e. The maximum atomic E-state index is 12.1. The van der Waals surface area contributed by atoms with Crippen molar-refractivity contribution in [3.8, 4) is 0 Å². The van der Waals surface area contributed by atoms with Gasteiger partial charge in [-0.1, -0.05) is 18.3 Å². The van der Waals surface area contributed by atoms with E-state index in [1.807, 2.05) is 0 Å². The summed E-state index contributed by atoms with van der Waals surface area (Å²) in [7, 11) is 0. The van der Waals surface area contributed by atoms with Gasteiger partial charge >= 0.3 is 0 Å². The third-order valence-corrected chi connectivity index (χ3v) is 4.31. The van der Waals surface area contributed by atoms with Crippen molar-refractivity contribution in [1.82, 2.24) is 10.3 Å². The third-order valence-electron chi connectivity index (χ3n) is 3.28. The molecule has 0 unspecified atom stereocenters. The number of anilines is 2. The zero-order valence-electron chi connectivity index (χ0n) is 11.8. The number of nitrogens with two attached hydrogens (primary N) is 1. The third kappa shape index (κ3) is 4.08. The van der Waals surface area contributed by atoms with E-state index in [0.29, 0.717) is 28.3 Å². The highest BCUT2D eigenvalue weighted by Gasteiger charge is 2.19. The van der Waals surface area contributed by atoms with Crippen molar-refractivity contribution in [2.24, 2.45) is 5.92 Å². The molecule has 2 rings (SSSR count). The average Bonchev–Trinajstić information content (AvgIpc) is 2.85. The molecular formula is C13H22N4O2S. The second-order valence-electron chi connectivity index (χ2n) is 4.93. The van der Waals surface area contributed by atoms with E-state index in [0.717, 1.165) is 39.0 Å². The summed E-state index contributed by atoms with van der Waals surface area (Å²) in [6.45, 7) is 5.15. The molecule has 20 heavy (non-hydrogen) atoms. The quantitative estimate of drug-likeness (QED) is 0.744. The molecule has 0 aromatic carbocycles.